The van der Waals surface area contributed by atoms with Gasteiger partial charge in [0, 0.05) is 20.0 Å². The molecule has 1 fully saturated rings. The first kappa shape index (κ1) is 19.6. The molecule has 5 amide bonds. The number of para-hydroxylation sites is 1. The number of anilines is 1. The minimum absolute atomic E-state index is 0.205. The van der Waals surface area contributed by atoms with Crippen molar-refractivity contribution in [2.75, 3.05) is 11.9 Å². The van der Waals surface area contributed by atoms with Crippen molar-refractivity contribution < 1.29 is 19.2 Å². The molecule has 0 bridgehead atoms. The zero-order valence-electron chi connectivity index (χ0n) is 16.5. The van der Waals surface area contributed by atoms with E-state index in [9.17, 15) is 19.2 Å². The maximum Gasteiger partial charge on any atom is 0.329 e. The van der Waals surface area contributed by atoms with Crippen LogP contribution in [0.2, 0.25) is 0 Å². The highest BCUT2D eigenvalue weighted by Crippen LogP contribution is 2.26. The van der Waals surface area contributed by atoms with E-state index < -0.39 is 24.0 Å². The molecular formula is C22H22N4O4. The number of imide groups is 1. The van der Waals surface area contributed by atoms with Crippen molar-refractivity contribution in [3.63, 3.8) is 0 Å². The van der Waals surface area contributed by atoms with Crippen molar-refractivity contribution in [2.45, 2.75) is 31.5 Å². The SMILES string of the molecule is CNC(=O)[C@H]1Cc2ccccc2CN1C(=O)C[C@@H]1NC(=O)N(c2ccccc2)C1=O. The van der Waals surface area contributed by atoms with Gasteiger partial charge in [-0.25, -0.2) is 9.69 Å². The first-order valence-electron chi connectivity index (χ1n) is 9.77. The standard InChI is InChI=1S/C22H22N4O4/c1-23-20(28)18-11-14-7-5-6-8-15(14)13-25(18)19(27)12-17-21(29)26(22(30)24-17)16-9-3-2-4-10-16/h2-10,17-18H,11-13H2,1H3,(H,23,28)(H,24,30)/t17-,18+/m0/s1. The highest BCUT2D eigenvalue weighted by atomic mass is 16.2. The molecule has 30 heavy (non-hydrogen) atoms. The van der Waals surface area contributed by atoms with E-state index in [1.54, 1.807) is 30.3 Å². The molecule has 4 rings (SSSR count). The largest absolute Gasteiger partial charge is 0.357 e. The fourth-order valence-corrected chi connectivity index (χ4v) is 3.97. The third kappa shape index (κ3) is 3.52. The average molecular weight is 406 g/mol. The first-order valence-corrected chi connectivity index (χ1v) is 9.77. The molecule has 8 nitrogen and oxygen atoms in total. The van der Waals surface area contributed by atoms with Crippen LogP contribution in [0.3, 0.4) is 0 Å². The number of amides is 5. The van der Waals surface area contributed by atoms with Crippen LogP contribution in [0.15, 0.2) is 54.6 Å². The second-order valence-electron chi connectivity index (χ2n) is 7.34. The molecule has 2 atom stereocenters. The van der Waals surface area contributed by atoms with Gasteiger partial charge >= 0.3 is 6.03 Å². The van der Waals surface area contributed by atoms with Crippen LogP contribution in [0.5, 0.6) is 0 Å². The van der Waals surface area contributed by atoms with Crippen LogP contribution in [0, 0.1) is 0 Å². The Morgan fingerprint density at radius 1 is 1.03 bits per heavy atom. The van der Waals surface area contributed by atoms with E-state index in [0.29, 0.717) is 12.1 Å². The molecule has 1 saturated heterocycles. The molecule has 0 unspecified atom stereocenters. The monoisotopic (exact) mass is 406 g/mol. The van der Waals surface area contributed by atoms with Gasteiger partial charge in [-0.2, -0.15) is 0 Å². The average Bonchev–Trinajstić information content (AvgIpc) is 3.05. The predicted octanol–water partition coefficient (Wildman–Crippen LogP) is 1.20. The summed E-state index contributed by atoms with van der Waals surface area (Å²) in [5, 5.41) is 5.20. The highest BCUT2D eigenvalue weighted by Gasteiger charge is 2.42. The van der Waals surface area contributed by atoms with Gasteiger partial charge in [0.2, 0.25) is 11.8 Å². The van der Waals surface area contributed by atoms with Crippen molar-refractivity contribution in [3.05, 3.63) is 65.7 Å². The van der Waals surface area contributed by atoms with Crippen LogP contribution in [-0.2, 0) is 27.3 Å². The van der Waals surface area contributed by atoms with Crippen LogP contribution < -0.4 is 15.5 Å². The third-order valence-electron chi connectivity index (χ3n) is 5.53. The molecular weight excluding hydrogens is 384 g/mol. The number of carbonyl (C=O) groups is 4. The Labute approximate surface area is 173 Å². The summed E-state index contributed by atoms with van der Waals surface area (Å²) in [6.07, 6.45) is 0.201. The Morgan fingerprint density at radius 2 is 1.70 bits per heavy atom. The van der Waals surface area contributed by atoms with E-state index in [-0.39, 0.29) is 24.8 Å². The molecule has 2 aromatic rings. The number of rotatable bonds is 4. The van der Waals surface area contributed by atoms with Crippen molar-refractivity contribution in [3.8, 4) is 0 Å². The van der Waals surface area contributed by atoms with Gasteiger partial charge in [-0.1, -0.05) is 42.5 Å². The van der Waals surface area contributed by atoms with Crippen LogP contribution in [0.4, 0.5) is 10.5 Å². The molecule has 2 aromatic carbocycles. The molecule has 0 spiro atoms. The number of nitrogens with zero attached hydrogens (tertiary/aromatic N) is 2. The summed E-state index contributed by atoms with van der Waals surface area (Å²) in [4.78, 5) is 53.2. The summed E-state index contributed by atoms with van der Waals surface area (Å²) in [7, 11) is 1.53. The summed E-state index contributed by atoms with van der Waals surface area (Å²) >= 11 is 0. The summed E-state index contributed by atoms with van der Waals surface area (Å²) < 4.78 is 0. The molecule has 0 aromatic heterocycles. The van der Waals surface area contributed by atoms with Gasteiger partial charge in [-0.05, 0) is 23.3 Å². The fraction of sp³-hybridized carbons (Fsp3) is 0.273. The molecule has 154 valence electrons. The minimum Gasteiger partial charge on any atom is -0.357 e. The van der Waals surface area contributed by atoms with E-state index >= 15 is 0 Å². The smallest absolute Gasteiger partial charge is 0.329 e. The van der Waals surface area contributed by atoms with Crippen molar-refractivity contribution in [1.29, 1.82) is 0 Å². The summed E-state index contributed by atoms with van der Waals surface area (Å²) in [6, 6.07) is 14.1. The Hall–Kier alpha value is -3.68. The molecule has 8 heteroatoms. The topological polar surface area (TPSA) is 98.8 Å². The summed E-state index contributed by atoms with van der Waals surface area (Å²) in [5.41, 5.74) is 2.44. The molecule has 0 radical (unpaired) electrons. The van der Waals surface area contributed by atoms with Gasteiger partial charge in [0.25, 0.3) is 5.91 Å². The lowest BCUT2D eigenvalue weighted by atomic mass is 9.93. The van der Waals surface area contributed by atoms with Gasteiger partial charge in [0.1, 0.15) is 12.1 Å². The van der Waals surface area contributed by atoms with Crippen molar-refractivity contribution in [1.82, 2.24) is 15.5 Å². The van der Waals surface area contributed by atoms with Gasteiger partial charge < -0.3 is 15.5 Å². The number of likely N-dealkylation sites (N-methyl/N-ethyl adjacent to an activating group) is 1. The number of fused-ring (bicyclic) bond motifs is 1. The maximum absolute atomic E-state index is 13.1. The van der Waals surface area contributed by atoms with Gasteiger partial charge in [-0.15, -0.1) is 0 Å². The predicted molar refractivity (Wildman–Crippen MR) is 109 cm³/mol. The minimum atomic E-state index is -0.965. The molecule has 2 aliphatic rings. The number of benzene rings is 2. The third-order valence-corrected chi connectivity index (χ3v) is 5.53. The van der Waals surface area contributed by atoms with Gasteiger partial charge in [-0.3, -0.25) is 14.4 Å². The van der Waals surface area contributed by atoms with Crippen LogP contribution >= 0.6 is 0 Å². The van der Waals surface area contributed by atoms with Crippen LogP contribution in [0.1, 0.15) is 17.5 Å². The highest BCUT2D eigenvalue weighted by molar-refractivity contribution is 6.22. The lowest BCUT2D eigenvalue weighted by Gasteiger charge is -2.36. The van der Waals surface area contributed by atoms with Crippen molar-refractivity contribution in [2.24, 2.45) is 0 Å². The number of hydrogen-bond donors (Lipinski definition) is 2. The molecule has 0 aliphatic carbocycles. The summed E-state index contributed by atoms with van der Waals surface area (Å²) in [5.74, 6) is -1.09. The quantitative estimate of drug-likeness (QED) is 0.746. The van der Waals surface area contributed by atoms with E-state index in [1.165, 1.54) is 11.9 Å². The Bertz CT molecular complexity index is 1010. The van der Waals surface area contributed by atoms with Crippen LogP contribution in [0.25, 0.3) is 0 Å². The maximum atomic E-state index is 13.1. The lowest BCUT2D eigenvalue weighted by Crippen LogP contribution is -2.53. The zero-order chi connectivity index (χ0) is 21.3. The van der Waals surface area contributed by atoms with E-state index in [4.69, 9.17) is 0 Å². The van der Waals surface area contributed by atoms with Crippen molar-refractivity contribution >= 4 is 29.4 Å². The first-order chi connectivity index (χ1) is 14.5. The normalized spacial score (nSPS) is 20.6. The Kier molecular flexibility index (Phi) is 5.22. The summed E-state index contributed by atoms with van der Waals surface area (Å²) in [6.45, 7) is 0.282. The fourth-order valence-electron chi connectivity index (χ4n) is 3.97. The molecule has 0 saturated carbocycles. The van der Waals surface area contributed by atoms with E-state index in [0.717, 1.165) is 16.0 Å². The zero-order valence-corrected chi connectivity index (χ0v) is 16.5. The van der Waals surface area contributed by atoms with E-state index in [1.807, 2.05) is 24.3 Å². The number of hydrogen-bond acceptors (Lipinski definition) is 4. The lowest BCUT2D eigenvalue weighted by molar-refractivity contribution is -0.142. The second-order valence-corrected chi connectivity index (χ2v) is 7.34. The van der Waals surface area contributed by atoms with Crippen LogP contribution in [-0.4, -0.2) is 47.8 Å². The molecule has 2 aliphatic heterocycles. The number of nitrogens with one attached hydrogen (secondary N) is 2. The molecule has 2 heterocycles. The van der Waals surface area contributed by atoms with Gasteiger partial charge in [0.05, 0.1) is 12.1 Å². The number of urea groups is 1. The number of carbonyl (C=O) groups excluding carboxylic acids is 4. The Balaban J connectivity index is 1.53. The second kappa shape index (κ2) is 7.98. The Morgan fingerprint density at radius 3 is 2.40 bits per heavy atom. The van der Waals surface area contributed by atoms with Gasteiger partial charge in [0.15, 0.2) is 0 Å². The van der Waals surface area contributed by atoms with E-state index in [2.05, 4.69) is 10.6 Å². The molecule has 2 N–H and O–H groups in total.